The van der Waals surface area contributed by atoms with Crippen molar-refractivity contribution in [1.29, 1.82) is 0 Å². The molecule has 1 aromatic rings. The molecular formula is C19H27N3O6S. The van der Waals surface area contributed by atoms with Crippen molar-refractivity contribution in [2.24, 2.45) is 5.92 Å². The van der Waals surface area contributed by atoms with Crippen LogP contribution in [-0.2, 0) is 24.4 Å². The number of amides is 2. The maximum absolute atomic E-state index is 13.0. The predicted octanol–water partition coefficient (Wildman–Crippen LogP) is 1.41. The molecule has 0 bridgehead atoms. The first-order valence-corrected chi connectivity index (χ1v) is 10.9. The summed E-state index contributed by atoms with van der Waals surface area (Å²) in [7, 11) is -3.94. The molecule has 3 N–H and O–H groups in total. The number of benzene rings is 1. The Morgan fingerprint density at radius 3 is 2.34 bits per heavy atom. The van der Waals surface area contributed by atoms with Crippen LogP contribution < -0.4 is 10.6 Å². The molecule has 2 rings (SSSR count). The number of carbonyl (C=O) groups is 3. The van der Waals surface area contributed by atoms with E-state index < -0.39 is 34.0 Å². The van der Waals surface area contributed by atoms with E-state index in [9.17, 15) is 27.9 Å². The van der Waals surface area contributed by atoms with Crippen molar-refractivity contribution in [3.05, 3.63) is 24.3 Å². The second-order valence-corrected chi connectivity index (χ2v) is 9.40. The molecule has 10 heteroatoms. The smallest absolute Gasteiger partial charge is 0.326 e. The fourth-order valence-electron chi connectivity index (χ4n) is 3.30. The molecule has 0 saturated carbocycles. The summed E-state index contributed by atoms with van der Waals surface area (Å²) in [5.41, 5.74) is 0.463. The van der Waals surface area contributed by atoms with Gasteiger partial charge in [0.05, 0.1) is 4.90 Å². The molecule has 1 aromatic carbocycles. The highest BCUT2D eigenvalue weighted by atomic mass is 32.2. The molecule has 1 fully saturated rings. The van der Waals surface area contributed by atoms with Crippen molar-refractivity contribution in [1.82, 2.24) is 9.62 Å². The van der Waals surface area contributed by atoms with Crippen LogP contribution in [0.15, 0.2) is 29.2 Å². The number of hydrogen-bond donors (Lipinski definition) is 3. The average Bonchev–Trinajstić information content (AvgIpc) is 3.11. The number of aliphatic carboxylic acids is 1. The lowest BCUT2D eigenvalue weighted by Crippen LogP contribution is -2.51. The standard InChI is InChI=1S/C19H27N3O6S/c1-12(2)11-16(19(25)26)21-18(24)17-5-4-10-22(17)29(27,28)15-8-6-14(7-9-15)20-13(3)23/h6-9,12,16-17H,4-5,10-11H2,1-3H3,(H,20,23)(H,21,24)(H,25,26)/t16?,17-/m0/s1. The van der Waals surface area contributed by atoms with Gasteiger partial charge in [0, 0.05) is 19.2 Å². The minimum Gasteiger partial charge on any atom is -0.480 e. The van der Waals surface area contributed by atoms with Crippen LogP contribution in [-0.4, -0.2) is 54.2 Å². The summed E-state index contributed by atoms with van der Waals surface area (Å²) in [5, 5.41) is 14.4. The fourth-order valence-corrected chi connectivity index (χ4v) is 4.96. The monoisotopic (exact) mass is 425 g/mol. The molecule has 0 aromatic heterocycles. The number of rotatable bonds is 8. The molecule has 2 atom stereocenters. The van der Waals surface area contributed by atoms with Crippen molar-refractivity contribution in [2.45, 2.75) is 57.0 Å². The van der Waals surface area contributed by atoms with Crippen LogP contribution in [0.25, 0.3) is 0 Å². The highest BCUT2D eigenvalue weighted by molar-refractivity contribution is 7.89. The molecule has 1 aliphatic rings. The van der Waals surface area contributed by atoms with E-state index in [-0.39, 0.29) is 29.7 Å². The first-order chi connectivity index (χ1) is 13.5. The Kier molecular flexibility index (Phi) is 7.37. The summed E-state index contributed by atoms with van der Waals surface area (Å²) >= 11 is 0. The molecule has 2 amide bonds. The average molecular weight is 426 g/mol. The maximum atomic E-state index is 13.0. The van der Waals surface area contributed by atoms with Crippen molar-refractivity contribution >= 4 is 33.5 Å². The molecule has 0 aliphatic carbocycles. The molecular weight excluding hydrogens is 398 g/mol. The molecule has 1 unspecified atom stereocenters. The molecule has 1 saturated heterocycles. The Labute approximate surface area is 170 Å². The van der Waals surface area contributed by atoms with E-state index in [4.69, 9.17) is 0 Å². The number of hydrogen-bond acceptors (Lipinski definition) is 5. The van der Waals surface area contributed by atoms with E-state index in [0.29, 0.717) is 18.5 Å². The Bertz CT molecular complexity index is 866. The quantitative estimate of drug-likeness (QED) is 0.577. The van der Waals surface area contributed by atoms with Gasteiger partial charge in [0.2, 0.25) is 21.8 Å². The van der Waals surface area contributed by atoms with Crippen molar-refractivity contribution in [3.63, 3.8) is 0 Å². The predicted molar refractivity (Wildman–Crippen MR) is 107 cm³/mol. The van der Waals surface area contributed by atoms with Gasteiger partial charge in [-0.15, -0.1) is 0 Å². The van der Waals surface area contributed by atoms with Gasteiger partial charge in [-0.2, -0.15) is 4.31 Å². The summed E-state index contributed by atoms with van der Waals surface area (Å²) in [6.07, 6.45) is 1.08. The summed E-state index contributed by atoms with van der Waals surface area (Å²) in [5.74, 6) is -1.96. The van der Waals surface area contributed by atoms with Gasteiger partial charge < -0.3 is 15.7 Å². The summed E-state index contributed by atoms with van der Waals surface area (Å²) in [4.78, 5) is 35.2. The number of nitrogens with one attached hydrogen (secondary N) is 2. The second kappa shape index (κ2) is 9.36. The fraction of sp³-hybridized carbons (Fsp3) is 0.526. The first-order valence-electron chi connectivity index (χ1n) is 9.45. The third-order valence-electron chi connectivity index (χ3n) is 4.61. The van der Waals surface area contributed by atoms with Gasteiger partial charge in [-0.25, -0.2) is 13.2 Å². The normalized spacial score (nSPS) is 18.4. The van der Waals surface area contributed by atoms with Crippen molar-refractivity contribution in [3.8, 4) is 0 Å². The summed E-state index contributed by atoms with van der Waals surface area (Å²) in [6, 6.07) is 3.67. The van der Waals surface area contributed by atoms with E-state index >= 15 is 0 Å². The molecule has 9 nitrogen and oxygen atoms in total. The van der Waals surface area contributed by atoms with Crippen LogP contribution in [0, 0.1) is 5.92 Å². The lowest BCUT2D eigenvalue weighted by Gasteiger charge is -2.25. The minimum atomic E-state index is -3.94. The zero-order valence-corrected chi connectivity index (χ0v) is 17.5. The number of carbonyl (C=O) groups excluding carboxylic acids is 2. The topological polar surface area (TPSA) is 133 Å². The molecule has 1 aliphatic heterocycles. The number of carboxylic acid groups (broad SMARTS) is 1. The zero-order valence-electron chi connectivity index (χ0n) is 16.7. The molecule has 1 heterocycles. The van der Waals surface area contributed by atoms with Gasteiger partial charge in [0.15, 0.2) is 0 Å². The van der Waals surface area contributed by atoms with E-state index in [0.717, 1.165) is 4.31 Å². The highest BCUT2D eigenvalue weighted by Gasteiger charge is 2.40. The van der Waals surface area contributed by atoms with Crippen LogP contribution in [0.2, 0.25) is 0 Å². The van der Waals surface area contributed by atoms with Crippen LogP contribution in [0.3, 0.4) is 0 Å². The lowest BCUT2D eigenvalue weighted by molar-refractivity contribution is -0.142. The second-order valence-electron chi connectivity index (χ2n) is 7.51. The van der Waals surface area contributed by atoms with E-state index in [1.165, 1.54) is 31.2 Å². The lowest BCUT2D eigenvalue weighted by atomic mass is 10.0. The first kappa shape index (κ1) is 22.8. The van der Waals surface area contributed by atoms with Crippen LogP contribution in [0.1, 0.15) is 40.0 Å². The number of anilines is 1. The molecule has 160 valence electrons. The van der Waals surface area contributed by atoms with Gasteiger partial charge in [0.25, 0.3) is 0 Å². The zero-order chi connectivity index (χ0) is 21.8. The highest BCUT2D eigenvalue weighted by Crippen LogP contribution is 2.27. The third-order valence-corrected chi connectivity index (χ3v) is 6.53. The van der Waals surface area contributed by atoms with Crippen LogP contribution >= 0.6 is 0 Å². The Hall–Kier alpha value is -2.46. The largest absolute Gasteiger partial charge is 0.480 e. The molecule has 29 heavy (non-hydrogen) atoms. The van der Waals surface area contributed by atoms with Gasteiger partial charge >= 0.3 is 5.97 Å². The Balaban J connectivity index is 2.18. The van der Waals surface area contributed by atoms with Crippen molar-refractivity contribution in [2.75, 3.05) is 11.9 Å². The van der Waals surface area contributed by atoms with Gasteiger partial charge in [-0.3, -0.25) is 9.59 Å². The Morgan fingerprint density at radius 1 is 1.21 bits per heavy atom. The van der Waals surface area contributed by atoms with Crippen molar-refractivity contribution < 1.29 is 27.9 Å². The van der Waals surface area contributed by atoms with Crippen LogP contribution in [0.5, 0.6) is 0 Å². The van der Waals surface area contributed by atoms with Gasteiger partial charge in [-0.1, -0.05) is 13.8 Å². The van der Waals surface area contributed by atoms with E-state index in [1.54, 1.807) is 0 Å². The van der Waals surface area contributed by atoms with E-state index in [1.807, 2.05) is 13.8 Å². The van der Waals surface area contributed by atoms with Gasteiger partial charge in [0.1, 0.15) is 12.1 Å². The van der Waals surface area contributed by atoms with E-state index in [2.05, 4.69) is 10.6 Å². The number of sulfonamides is 1. The SMILES string of the molecule is CC(=O)Nc1ccc(S(=O)(=O)N2CCC[C@H]2C(=O)NC(CC(C)C)C(=O)O)cc1. The van der Waals surface area contributed by atoms with Crippen LogP contribution in [0.4, 0.5) is 5.69 Å². The molecule has 0 radical (unpaired) electrons. The third kappa shape index (κ3) is 5.77. The number of carboxylic acids is 1. The van der Waals surface area contributed by atoms with Gasteiger partial charge in [-0.05, 0) is 49.4 Å². The number of nitrogens with zero attached hydrogens (tertiary/aromatic N) is 1. The maximum Gasteiger partial charge on any atom is 0.326 e. The Morgan fingerprint density at radius 2 is 1.83 bits per heavy atom. The minimum absolute atomic E-state index is 0.00303. The summed E-state index contributed by atoms with van der Waals surface area (Å²) in [6.45, 7) is 5.22. The molecule has 0 spiro atoms. The summed E-state index contributed by atoms with van der Waals surface area (Å²) < 4.78 is 27.2.